The van der Waals surface area contributed by atoms with Crippen molar-refractivity contribution in [2.24, 2.45) is 0 Å². The van der Waals surface area contributed by atoms with E-state index in [4.69, 9.17) is 0 Å². The number of nitrogens with zero attached hydrogens (tertiary/aromatic N) is 2. The Morgan fingerprint density at radius 3 is 2.47 bits per heavy atom. The van der Waals surface area contributed by atoms with E-state index in [1.54, 1.807) is 4.31 Å². The van der Waals surface area contributed by atoms with Crippen LogP contribution in [0.3, 0.4) is 0 Å². The van der Waals surface area contributed by atoms with E-state index in [1.165, 1.54) is 6.26 Å². The molecule has 1 aromatic rings. The summed E-state index contributed by atoms with van der Waals surface area (Å²) < 4.78 is 26.3. The van der Waals surface area contributed by atoms with Crippen LogP contribution in [0.5, 0.6) is 0 Å². The Kier molecular flexibility index (Phi) is 3.62. The minimum atomic E-state index is -3.31. The zero-order valence-corrected chi connectivity index (χ0v) is 12.9. The highest BCUT2D eigenvalue weighted by atomic mass is 32.2. The summed E-state index contributed by atoms with van der Waals surface area (Å²) >= 11 is 0. The molecule has 1 unspecified atom stereocenters. The van der Waals surface area contributed by atoms with Gasteiger partial charge in [-0.25, -0.2) is 8.42 Å². The van der Waals surface area contributed by atoms with Crippen LogP contribution in [0.25, 0.3) is 0 Å². The molecule has 0 bridgehead atoms. The average molecular weight is 282 g/mol. The largest absolute Gasteiger partial charge is 0.286 e. The van der Waals surface area contributed by atoms with Crippen molar-refractivity contribution in [3.05, 3.63) is 29.8 Å². The molecule has 0 amide bonds. The number of para-hydroxylation sites is 1. The molecular formula is C14H22N2O2S. The molecule has 106 valence electrons. The quantitative estimate of drug-likeness (QED) is 0.852. The summed E-state index contributed by atoms with van der Waals surface area (Å²) in [5.74, 6) is 0. The van der Waals surface area contributed by atoms with E-state index in [9.17, 15) is 8.42 Å². The standard InChI is InChI=1S/C14H22N2O2S/c1-5-14(15(2)3)11-10-12-8-6-7-9-13(12)16(14)19(4,17)18/h6-9H,5,10-11H2,1-4H3. The molecule has 1 aliphatic heterocycles. The van der Waals surface area contributed by atoms with Crippen molar-refractivity contribution in [3.8, 4) is 0 Å². The summed E-state index contributed by atoms with van der Waals surface area (Å²) in [5.41, 5.74) is 1.48. The maximum atomic E-state index is 12.3. The van der Waals surface area contributed by atoms with Gasteiger partial charge in [0.05, 0.1) is 11.9 Å². The molecule has 5 heteroatoms. The fourth-order valence-electron chi connectivity index (χ4n) is 3.11. The number of aryl methyl sites for hydroxylation is 1. The number of benzene rings is 1. The van der Waals surface area contributed by atoms with Gasteiger partial charge in [-0.2, -0.15) is 0 Å². The second-order valence-electron chi connectivity index (χ2n) is 5.39. The van der Waals surface area contributed by atoms with Crippen LogP contribution in [0.15, 0.2) is 24.3 Å². The van der Waals surface area contributed by atoms with Gasteiger partial charge in [-0.1, -0.05) is 25.1 Å². The van der Waals surface area contributed by atoms with Gasteiger partial charge < -0.3 is 0 Å². The normalized spacial score (nSPS) is 23.5. The average Bonchev–Trinajstić information content (AvgIpc) is 2.35. The van der Waals surface area contributed by atoms with Gasteiger partial charge in [-0.3, -0.25) is 9.21 Å². The smallest absolute Gasteiger partial charge is 0.233 e. The molecule has 2 rings (SSSR count). The van der Waals surface area contributed by atoms with Gasteiger partial charge >= 0.3 is 0 Å². The summed E-state index contributed by atoms with van der Waals surface area (Å²) in [7, 11) is 0.596. The van der Waals surface area contributed by atoms with Gasteiger partial charge in [0.2, 0.25) is 10.0 Å². The highest BCUT2D eigenvalue weighted by Gasteiger charge is 2.45. The van der Waals surface area contributed by atoms with Crippen molar-refractivity contribution in [1.82, 2.24) is 4.90 Å². The van der Waals surface area contributed by atoms with E-state index in [1.807, 2.05) is 50.2 Å². The number of sulfonamides is 1. The van der Waals surface area contributed by atoms with E-state index >= 15 is 0 Å². The Morgan fingerprint density at radius 1 is 1.32 bits per heavy atom. The molecule has 0 saturated heterocycles. The summed E-state index contributed by atoms with van der Waals surface area (Å²) in [6.45, 7) is 2.05. The summed E-state index contributed by atoms with van der Waals surface area (Å²) in [5, 5.41) is 0. The predicted molar refractivity (Wildman–Crippen MR) is 78.8 cm³/mol. The molecular weight excluding hydrogens is 260 g/mol. The lowest BCUT2D eigenvalue weighted by Gasteiger charge is -2.51. The SMILES string of the molecule is CCC1(N(C)C)CCc2ccccc2N1S(C)(=O)=O. The molecule has 4 nitrogen and oxygen atoms in total. The molecule has 0 saturated carbocycles. The molecule has 1 aliphatic rings. The molecule has 19 heavy (non-hydrogen) atoms. The number of hydrogen-bond acceptors (Lipinski definition) is 3. The van der Waals surface area contributed by atoms with Gasteiger partial charge in [-0.15, -0.1) is 0 Å². The van der Waals surface area contributed by atoms with Crippen molar-refractivity contribution < 1.29 is 8.42 Å². The van der Waals surface area contributed by atoms with Crippen molar-refractivity contribution in [1.29, 1.82) is 0 Å². The first-order chi connectivity index (χ1) is 8.83. The third-order valence-electron chi connectivity index (χ3n) is 4.11. The highest BCUT2D eigenvalue weighted by molar-refractivity contribution is 7.92. The maximum absolute atomic E-state index is 12.3. The molecule has 0 aromatic heterocycles. The van der Waals surface area contributed by atoms with Crippen LogP contribution in [-0.2, 0) is 16.4 Å². The predicted octanol–water partition coefficient (Wildman–Crippen LogP) is 2.07. The van der Waals surface area contributed by atoms with Crippen molar-refractivity contribution in [3.63, 3.8) is 0 Å². The zero-order chi connectivity index (χ0) is 14.3. The third-order valence-corrected chi connectivity index (χ3v) is 5.31. The fourth-order valence-corrected chi connectivity index (χ4v) is 4.65. The first-order valence-corrected chi connectivity index (χ1v) is 8.43. The van der Waals surface area contributed by atoms with Crippen LogP contribution < -0.4 is 4.31 Å². The highest BCUT2D eigenvalue weighted by Crippen LogP contribution is 2.41. The number of fused-ring (bicyclic) bond motifs is 1. The molecule has 0 radical (unpaired) electrons. The number of hydrogen-bond donors (Lipinski definition) is 0. The second-order valence-corrected chi connectivity index (χ2v) is 7.22. The van der Waals surface area contributed by atoms with Crippen molar-refractivity contribution in [2.75, 3.05) is 24.7 Å². The zero-order valence-electron chi connectivity index (χ0n) is 12.0. The Balaban J connectivity index is 2.68. The van der Waals surface area contributed by atoms with Crippen molar-refractivity contribution >= 4 is 15.7 Å². The van der Waals surface area contributed by atoms with Crippen LogP contribution in [0.2, 0.25) is 0 Å². The summed E-state index contributed by atoms with van der Waals surface area (Å²) in [4.78, 5) is 2.03. The Labute approximate surface area is 116 Å². The van der Waals surface area contributed by atoms with Crippen LogP contribution in [-0.4, -0.2) is 39.3 Å². The van der Waals surface area contributed by atoms with Crippen LogP contribution in [0.1, 0.15) is 25.3 Å². The van der Waals surface area contributed by atoms with Crippen molar-refractivity contribution in [2.45, 2.75) is 31.8 Å². The lowest BCUT2D eigenvalue weighted by Crippen LogP contribution is -2.62. The lowest BCUT2D eigenvalue weighted by atomic mass is 9.90. The third kappa shape index (κ3) is 2.25. The number of rotatable bonds is 3. The monoisotopic (exact) mass is 282 g/mol. The molecule has 1 heterocycles. The molecule has 0 aliphatic carbocycles. The van der Waals surface area contributed by atoms with Crippen LogP contribution in [0.4, 0.5) is 5.69 Å². The summed E-state index contributed by atoms with van der Waals surface area (Å²) in [6.07, 6.45) is 3.79. The molecule has 0 fully saturated rings. The Hall–Kier alpha value is -1.07. The number of anilines is 1. The topological polar surface area (TPSA) is 40.6 Å². The van der Waals surface area contributed by atoms with E-state index in [-0.39, 0.29) is 0 Å². The Bertz CT molecular complexity index is 569. The van der Waals surface area contributed by atoms with Gasteiger partial charge in [0.1, 0.15) is 5.66 Å². The van der Waals surface area contributed by atoms with E-state index < -0.39 is 15.7 Å². The van der Waals surface area contributed by atoms with E-state index in [2.05, 4.69) is 0 Å². The van der Waals surface area contributed by atoms with Gasteiger partial charge in [0, 0.05) is 0 Å². The molecule has 1 aromatic carbocycles. The van der Waals surface area contributed by atoms with Gasteiger partial charge in [-0.05, 0) is 45.0 Å². The van der Waals surface area contributed by atoms with Gasteiger partial charge in [0.25, 0.3) is 0 Å². The first-order valence-electron chi connectivity index (χ1n) is 6.58. The van der Waals surface area contributed by atoms with E-state index in [0.717, 1.165) is 30.5 Å². The minimum Gasteiger partial charge on any atom is -0.286 e. The lowest BCUT2D eigenvalue weighted by molar-refractivity contribution is 0.140. The first kappa shape index (κ1) is 14.3. The Morgan fingerprint density at radius 2 is 1.95 bits per heavy atom. The molecule has 0 spiro atoms. The minimum absolute atomic E-state index is 0.456. The maximum Gasteiger partial charge on any atom is 0.233 e. The van der Waals surface area contributed by atoms with Crippen LogP contribution in [0, 0.1) is 0 Å². The second kappa shape index (κ2) is 4.80. The fraction of sp³-hybridized carbons (Fsp3) is 0.571. The van der Waals surface area contributed by atoms with Gasteiger partial charge in [0.15, 0.2) is 0 Å². The molecule has 0 N–H and O–H groups in total. The molecule has 1 atom stereocenters. The van der Waals surface area contributed by atoms with Crippen LogP contribution >= 0.6 is 0 Å². The summed E-state index contributed by atoms with van der Waals surface area (Å²) in [6, 6.07) is 7.79. The van der Waals surface area contributed by atoms with E-state index in [0.29, 0.717) is 0 Å².